The van der Waals surface area contributed by atoms with Crippen LogP contribution in [-0.4, -0.2) is 36.7 Å². The van der Waals surface area contributed by atoms with Crippen molar-refractivity contribution in [3.63, 3.8) is 0 Å². The highest BCUT2D eigenvalue weighted by Gasteiger charge is 2.34. The van der Waals surface area contributed by atoms with Gasteiger partial charge in [-0.25, -0.2) is 0 Å². The molecule has 0 amide bonds. The van der Waals surface area contributed by atoms with Crippen molar-refractivity contribution in [1.29, 1.82) is 0 Å². The molecule has 0 spiro atoms. The van der Waals surface area contributed by atoms with E-state index in [1.54, 1.807) is 0 Å². The minimum atomic E-state index is 0.554. The molecule has 0 radical (unpaired) electrons. The van der Waals surface area contributed by atoms with E-state index in [0.29, 0.717) is 12.6 Å². The molecule has 1 atom stereocenters. The third kappa shape index (κ3) is 3.18. The minimum absolute atomic E-state index is 0.554. The summed E-state index contributed by atoms with van der Waals surface area (Å²) < 4.78 is 5.69. The highest BCUT2D eigenvalue weighted by molar-refractivity contribution is 5.61. The molecule has 1 aliphatic heterocycles. The molecular weight excluding hydrogens is 250 g/mol. The fraction of sp³-hybridized carbons (Fsp3) is 0.625. The maximum Gasteiger partial charge on any atom is 0.144 e. The molecule has 1 unspecified atom stereocenters. The summed E-state index contributed by atoms with van der Waals surface area (Å²) in [5.41, 5.74) is 7.78. The van der Waals surface area contributed by atoms with Gasteiger partial charge in [0, 0.05) is 36.9 Å². The molecule has 20 heavy (non-hydrogen) atoms. The second-order valence-electron chi connectivity index (χ2n) is 5.96. The van der Waals surface area contributed by atoms with E-state index in [0.717, 1.165) is 29.6 Å². The fourth-order valence-electron chi connectivity index (χ4n) is 2.87. The number of nitrogen functional groups attached to an aromatic ring is 1. The number of benzene rings is 1. The molecule has 4 nitrogen and oxygen atoms in total. The molecule has 3 rings (SSSR count). The summed E-state index contributed by atoms with van der Waals surface area (Å²) in [4.78, 5) is 2.61. The van der Waals surface area contributed by atoms with E-state index < -0.39 is 0 Å². The molecule has 0 bridgehead atoms. The Kier molecular flexibility index (Phi) is 4.01. The van der Waals surface area contributed by atoms with Crippen LogP contribution in [0.1, 0.15) is 32.6 Å². The Hall–Kier alpha value is -1.42. The van der Waals surface area contributed by atoms with Gasteiger partial charge in [0.15, 0.2) is 0 Å². The molecule has 1 aliphatic carbocycles. The first-order chi connectivity index (χ1) is 9.76. The van der Waals surface area contributed by atoms with Crippen molar-refractivity contribution in [1.82, 2.24) is 4.90 Å². The van der Waals surface area contributed by atoms with Gasteiger partial charge in [0.1, 0.15) is 5.75 Å². The Labute approximate surface area is 121 Å². The summed E-state index contributed by atoms with van der Waals surface area (Å²) in [5, 5.41) is 3.62. The Morgan fingerprint density at radius 1 is 1.35 bits per heavy atom. The first kappa shape index (κ1) is 13.6. The normalized spacial score (nSPS) is 22.9. The summed E-state index contributed by atoms with van der Waals surface area (Å²) in [7, 11) is 0. The zero-order valence-corrected chi connectivity index (χ0v) is 12.3. The van der Waals surface area contributed by atoms with Crippen molar-refractivity contribution in [2.24, 2.45) is 0 Å². The van der Waals surface area contributed by atoms with Crippen LogP contribution in [0.25, 0.3) is 0 Å². The van der Waals surface area contributed by atoms with Crippen molar-refractivity contribution in [3.8, 4) is 5.75 Å². The lowest BCUT2D eigenvalue weighted by atomic mass is 10.2. The third-order valence-corrected chi connectivity index (χ3v) is 4.13. The van der Waals surface area contributed by atoms with E-state index in [2.05, 4.69) is 17.1 Å². The molecule has 3 N–H and O–H groups in total. The fourth-order valence-corrected chi connectivity index (χ4v) is 2.87. The average molecular weight is 275 g/mol. The molecule has 2 fully saturated rings. The number of nitrogens with zero attached hydrogens (tertiary/aromatic N) is 1. The highest BCUT2D eigenvalue weighted by Crippen LogP contribution is 2.31. The lowest BCUT2D eigenvalue weighted by Crippen LogP contribution is -2.27. The standard InChI is InChI=1S/C16H25N3O/c1-2-9-20-16-10-12(3-6-15(16)17)18-13-7-8-19(11-13)14-4-5-14/h3,6,10,13-14,18H,2,4-5,7-9,11,17H2,1H3. The van der Waals surface area contributed by atoms with Gasteiger partial charge in [0.2, 0.25) is 0 Å². The molecule has 1 saturated heterocycles. The average Bonchev–Trinajstić information content (AvgIpc) is 3.20. The lowest BCUT2D eigenvalue weighted by molar-refractivity contribution is 0.319. The van der Waals surface area contributed by atoms with E-state index in [4.69, 9.17) is 10.5 Å². The van der Waals surface area contributed by atoms with Crippen molar-refractivity contribution >= 4 is 11.4 Å². The summed E-state index contributed by atoms with van der Waals surface area (Å²) in [6.07, 6.45) is 5.01. The molecular formula is C16H25N3O. The summed E-state index contributed by atoms with van der Waals surface area (Å²) in [6.45, 7) is 5.21. The van der Waals surface area contributed by atoms with Gasteiger partial charge < -0.3 is 15.8 Å². The maximum atomic E-state index is 5.95. The van der Waals surface area contributed by atoms with Crippen molar-refractivity contribution in [2.75, 3.05) is 30.7 Å². The van der Waals surface area contributed by atoms with Gasteiger partial charge in [-0.3, -0.25) is 4.90 Å². The highest BCUT2D eigenvalue weighted by atomic mass is 16.5. The Morgan fingerprint density at radius 3 is 2.95 bits per heavy atom. The van der Waals surface area contributed by atoms with Crippen LogP contribution in [0, 0.1) is 0 Å². The van der Waals surface area contributed by atoms with Crippen molar-refractivity contribution in [3.05, 3.63) is 18.2 Å². The van der Waals surface area contributed by atoms with Gasteiger partial charge in [-0.1, -0.05) is 6.92 Å². The van der Waals surface area contributed by atoms with Crippen LogP contribution < -0.4 is 15.8 Å². The topological polar surface area (TPSA) is 50.5 Å². The Morgan fingerprint density at radius 2 is 2.20 bits per heavy atom. The number of likely N-dealkylation sites (tertiary alicyclic amines) is 1. The van der Waals surface area contributed by atoms with Gasteiger partial charge in [0.25, 0.3) is 0 Å². The molecule has 110 valence electrons. The molecule has 4 heteroatoms. The van der Waals surface area contributed by atoms with Crippen LogP contribution in [-0.2, 0) is 0 Å². The molecule has 1 heterocycles. The number of anilines is 2. The summed E-state index contributed by atoms with van der Waals surface area (Å²) in [5.74, 6) is 0.800. The Balaban J connectivity index is 1.59. The monoisotopic (exact) mass is 275 g/mol. The second kappa shape index (κ2) is 5.92. The number of hydrogen-bond acceptors (Lipinski definition) is 4. The first-order valence-electron chi connectivity index (χ1n) is 7.79. The molecule has 2 aliphatic rings. The van der Waals surface area contributed by atoms with Crippen LogP contribution in [0.4, 0.5) is 11.4 Å². The molecule has 1 aromatic carbocycles. The summed E-state index contributed by atoms with van der Waals surface area (Å²) in [6, 6.07) is 7.44. The van der Waals surface area contributed by atoms with Gasteiger partial charge in [0.05, 0.1) is 12.3 Å². The largest absolute Gasteiger partial charge is 0.491 e. The SMILES string of the molecule is CCCOc1cc(NC2CCN(C3CC3)C2)ccc1N. The van der Waals surface area contributed by atoms with E-state index in [1.165, 1.54) is 32.4 Å². The number of hydrogen-bond donors (Lipinski definition) is 2. The molecule has 1 saturated carbocycles. The van der Waals surface area contributed by atoms with Crippen molar-refractivity contribution < 1.29 is 4.74 Å². The summed E-state index contributed by atoms with van der Waals surface area (Å²) >= 11 is 0. The number of rotatable bonds is 6. The van der Waals surface area contributed by atoms with Gasteiger partial charge >= 0.3 is 0 Å². The number of nitrogens with one attached hydrogen (secondary N) is 1. The van der Waals surface area contributed by atoms with Crippen LogP contribution >= 0.6 is 0 Å². The number of nitrogens with two attached hydrogens (primary N) is 1. The predicted molar refractivity (Wildman–Crippen MR) is 83.3 cm³/mol. The maximum absolute atomic E-state index is 5.95. The van der Waals surface area contributed by atoms with Crippen molar-refractivity contribution in [2.45, 2.75) is 44.7 Å². The second-order valence-corrected chi connectivity index (χ2v) is 5.96. The van der Waals surface area contributed by atoms with E-state index >= 15 is 0 Å². The molecule has 0 aromatic heterocycles. The smallest absolute Gasteiger partial charge is 0.144 e. The first-order valence-corrected chi connectivity index (χ1v) is 7.79. The van der Waals surface area contributed by atoms with E-state index in [-0.39, 0.29) is 0 Å². The van der Waals surface area contributed by atoms with Crippen LogP contribution in [0.15, 0.2) is 18.2 Å². The van der Waals surface area contributed by atoms with Crippen LogP contribution in [0.2, 0.25) is 0 Å². The van der Waals surface area contributed by atoms with Gasteiger partial charge in [-0.15, -0.1) is 0 Å². The zero-order chi connectivity index (χ0) is 13.9. The van der Waals surface area contributed by atoms with Crippen LogP contribution in [0.3, 0.4) is 0 Å². The Bertz CT molecular complexity index is 459. The lowest BCUT2D eigenvalue weighted by Gasteiger charge is -2.17. The van der Waals surface area contributed by atoms with Gasteiger partial charge in [-0.2, -0.15) is 0 Å². The zero-order valence-electron chi connectivity index (χ0n) is 12.3. The number of ether oxygens (including phenoxy) is 1. The molecule has 1 aromatic rings. The van der Waals surface area contributed by atoms with Gasteiger partial charge in [-0.05, 0) is 37.8 Å². The van der Waals surface area contributed by atoms with Crippen LogP contribution in [0.5, 0.6) is 5.75 Å². The third-order valence-electron chi connectivity index (χ3n) is 4.13. The van der Waals surface area contributed by atoms with E-state index in [9.17, 15) is 0 Å². The quantitative estimate of drug-likeness (QED) is 0.784. The predicted octanol–water partition coefficient (Wildman–Crippen LogP) is 2.71. The van der Waals surface area contributed by atoms with E-state index in [1.807, 2.05) is 18.2 Å². The minimum Gasteiger partial charge on any atom is -0.491 e.